The number of nitriles is 1. The lowest BCUT2D eigenvalue weighted by Crippen LogP contribution is -2.25. The van der Waals surface area contributed by atoms with Gasteiger partial charge in [0.15, 0.2) is 6.29 Å². The molecule has 1 unspecified atom stereocenters. The van der Waals surface area contributed by atoms with Gasteiger partial charge in [-0.25, -0.2) is 4.98 Å². The van der Waals surface area contributed by atoms with Gasteiger partial charge < -0.3 is 4.90 Å². The molecule has 1 atom stereocenters. The Balaban J connectivity index is 2.46. The second kappa shape index (κ2) is 5.49. The van der Waals surface area contributed by atoms with Crippen LogP contribution in [-0.4, -0.2) is 24.9 Å². The summed E-state index contributed by atoms with van der Waals surface area (Å²) in [6.45, 7) is 2.39. The quantitative estimate of drug-likeness (QED) is 0.786. The molecular formula is C15H15N3O. The molecule has 0 aliphatic heterocycles. The monoisotopic (exact) mass is 253 g/mol. The zero-order chi connectivity index (χ0) is 13.8. The SMILES string of the molecule is CC(C#N)CN(C)c1nc2ccccc2cc1C=O. The van der Waals surface area contributed by atoms with E-state index >= 15 is 0 Å². The van der Waals surface area contributed by atoms with E-state index in [1.165, 1.54) is 0 Å². The van der Waals surface area contributed by atoms with Crippen LogP contribution >= 0.6 is 0 Å². The molecule has 0 amide bonds. The van der Waals surface area contributed by atoms with E-state index in [2.05, 4.69) is 11.1 Å². The minimum atomic E-state index is -0.113. The molecule has 1 heterocycles. The van der Waals surface area contributed by atoms with E-state index < -0.39 is 0 Å². The molecule has 1 aromatic carbocycles. The fourth-order valence-electron chi connectivity index (χ4n) is 2.05. The van der Waals surface area contributed by atoms with Crippen molar-refractivity contribution < 1.29 is 4.79 Å². The summed E-state index contributed by atoms with van der Waals surface area (Å²) >= 11 is 0. The largest absolute Gasteiger partial charge is 0.358 e. The third kappa shape index (κ3) is 2.71. The van der Waals surface area contributed by atoms with Crippen LogP contribution in [0.15, 0.2) is 30.3 Å². The fourth-order valence-corrected chi connectivity index (χ4v) is 2.05. The summed E-state index contributed by atoms with van der Waals surface area (Å²) in [5, 5.41) is 9.80. The minimum absolute atomic E-state index is 0.113. The molecule has 19 heavy (non-hydrogen) atoms. The standard InChI is InChI=1S/C15H15N3O/c1-11(8-16)9-18(2)15-13(10-19)7-12-5-3-4-6-14(12)17-15/h3-7,10-11H,9H2,1-2H3. The van der Waals surface area contributed by atoms with E-state index in [1.807, 2.05) is 49.2 Å². The number of fused-ring (bicyclic) bond motifs is 1. The molecule has 2 rings (SSSR count). The van der Waals surface area contributed by atoms with Gasteiger partial charge in [-0.1, -0.05) is 18.2 Å². The average molecular weight is 253 g/mol. The van der Waals surface area contributed by atoms with Crippen LogP contribution in [0.1, 0.15) is 17.3 Å². The van der Waals surface area contributed by atoms with Gasteiger partial charge in [0, 0.05) is 19.0 Å². The molecule has 1 aromatic heterocycles. The summed E-state index contributed by atoms with van der Waals surface area (Å²) < 4.78 is 0. The van der Waals surface area contributed by atoms with Gasteiger partial charge in [-0.05, 0) is 19.1 Å². The molecular weight excluding hydrogens is 238 g/mol. The highest BCUT2D eigenvalue weighted by molar-refractivity contribution is 5.91. The zero-order valence-corrected chi connectivity index (χ0v) is 11.0. The van der Waals surface area contributed by atoms with Crippen LogP contribution < -0.4 is 4.90 Å². The smallest absolute Gasteiger partial charge is 0.153 e. The van der Waals surface area contributed by atoms with E-state index in [0.717, 1.165) is 17.2 Å². The Morgan fingerprint density at radius 1 is 1.47 bits per heavy atom. The molecule has 2 aromatic rings. The van der Waals surface area contributed by atoms with Crippen molar-refractivity contribution in [2.24, 2.45) is 5.92 Å². The number of aromatic nitrogens is 1. The van der Waals surface area contributed by atoms with Gasteiger partial charge in [0.2, 0.25) is 0 Å². The highest BCUT2D eigenvalue weighted by Gasteiger charge is 2.13. The van der Waals surface area contributed by atoms with Crippen molar-refractivity contribution in [3.05, 3.63) is 35.9 Å². The number of rotatable bonds is 4. The van der Waals surface area contributed by atoms with Crippen LogP contribution in [0.5, 0.6) is 0 Å². The molecule has 96 valence electrons. The Morgan fingerprint density at radius 2 is 2.21 bits per heavy atom. The molecule has 0 bridgehead atoms. The van der Waals surface area contributed by atoms with Crippen molar-refractivity contribution in [1.29, 1.82) is 5.26 Å². The van der Waals surface area contributed by atoms with Crippen molar-refractivity contribution in [1.82, 2.24) is 4.98 Å². The summed E-state index contributed by atoms with van der Waals surface area (Å²) in [5.74, 6) is 0.508. The first kappa shape index (κ1) is 13.0. The predicted octanol–water partition coefficient (Wildman–Crippen LogP) is 2.64. The minimum Gasteiger partial charge on any atom is -0.358 e. The van der Waals surface area contributed by atoms with E-state index in [0.29, 0.717) is 17.9 Å². The summed E-state index contributed by atoms with van der Waals surface area (Å²) in [5.41, 5.74) is 1.39. The fraction of sp³-hybridized carbons (Fsp3) is 0.267. The van der Waals surface area contributed by atoms with Gasteiger partial charge in [-0.2, -0.15) is 5.26 Å². The number of aldehydes is 1. The number of benzene rings is 1. The molecule has 0 radical (unpaired) electrons. The molecule has 4 heteroatoms. The lowest BCUT2D eigenvalue weighted by molar-refractivity contribution is 0.112. The third-order valence-corrected chi connectivity index (χ3v) is 2.99. The molecule has 0 aliphatic rings. The molecule has 0 aliphatic carbocycles. The number of nitrogens with zero attached hydrogens (tertiary/aromatic N) is 3. The van der Waals surface area contributed by atoms with Crippen molar-refractivity contribution in [2.45, 2.75) is 6.92 Å². The topological polar surface area (TPSA) is 57.0 Å². The van der Waals surface area contributed by atoms with Crippen LogP contribution in [-0.2, 0) is 0 Å². The van der Waals surface area contributed by atoms with Crippen LogP contribution in [0.4, 0.5) is 5.82 Å². The number of para-hydroxylation sites is 1. The van der Waals surface area contributed by atoms with Gasteiger partial charge in [0.25, 0.3) is 0 Å². The first-order chi connectivity index (χ1) is 9.15. The second-order valence-electron chi connectivity index (χ2n) is 4.62. The van der Waals surface area contributed by atoms with Gasteiger partial charge in [-0.15, -0.1) is 0 Å². The molecule has 0 saturated heterocycles. The maximum Gasteiger partial charge on any atom is 0.153 e. The molecule has 0 N–H and O–H groups in total. The Morgan fingerprint density at radius 3 is 2.89 bits per heavy atom. The van der Waals surface area contributed by atoms with E-state index in [4.69, 9.17) is 5.26 Å². The summed E-state index contributed by atoms with van der Waals surface area (Å²) in [6, 6.07) is 11.7. The second-order valence-corrected chi connectivity index (χ2v) is 4.62. The van der Waals surface area contributed by atoms with Crippen molar-refractivity contribution in [3.63, 3.8) is 0 Å². The van der Waals surface area contributed by atoms with Gasteiger partial charge in [-0.3, -0.25) is 4.79 Å². The third-order valence-electron chi connectivity index (χ3n) is 2.99. The summed E-state index contributed by atoms with van der Waals surface area (Å²) in [6.07, 6.45) is 0.808. The van der Waals surface area contributed by atoms with Gasteiger partial charge in [0.1, 0.15) is 5.82 Å². The zero-order valence-electron chi connectivity index (χ0n) is 11.0. The van der Waals surface area contributed by atoms with Crippen molar-refractivity contribution in [2.75, 3.05) is 18.5 Å². The van der Waals surface area contributed by atoms with E-state index in [9.17, 15) is 4.79 Å². The number of carbonyl (C=O) groups excluding carboxylic acids is 1. The van der Waals surface area contributed by atoms with Crippen LogP contribution in [0, 0.1) is 17.2 Å². The highest BCUT2D eigenvalue weighted by atomic mass is 16.1. The predicted molar refractivity (Wildman–Crippen MR) is 75.2 cm³/mol. The Labute approximate surface area is 112 Å². The highest BCUT2D eigenvalue weighted by Crippen LogP contribution is 2.22. The van der Waals surface area contributed by atoms with Gasteiger partial charge in [0.05, 0.1) is 23.1 Å². The Kier molecular flexibility index (Phi) is 3.76. The van der Waals surface area contributed by atoms with Crippen molar-refractivity contribution in [3.8, 4) is 6.07 Å². The lowest BCUT2D eigenvalue weighted by atomic mass is 10.1. The molecule has 0 spiro atoms. The molecule has 4 nitrogen and oxygen atoms in total. The average Bonchev–Trinajstić information content (AvgIpc) is 2.45. The Hall–Kier alpha value is -2.41. The lowest BCUT2D eigenvalue weighted by Gasteiger charge is -2.21. The number of carbonyl (C=O) groups is 1. The number of hydrogen-bond donors (Lipinski definition) is 0. The van der Waals surface area contributed by atoms with E-state index in [1.54, 1.807) is 0 Å². The molecule has 0 saturated carbocycles. The van der Waals surface area contributed by atoms with Crippen molar-refractivity contribution >= 4 is 23.0 Å². The first-order valence-electron chi connectivity index (χ1n) is 6.11. The maximum absolute atomic E-state index is 11.2. The first-order valence-corrected chi connectivity index (χ1v) is 6.11. The number of anilines is 1. The van der Waals surface area contributed by atoms with Crippen LogP contribution in [0.3, 0.4) is 0 Å². The normalized spacial score (nSPS) is 11.8. The van der Waals surface area contributed by atoms with E-state index in [-0.39, 0.29) is 5.92 Å². The number of hydrogen-bond acceptors (Lipinski definition) is 4. The Bertz CT molecular complexity index is 645. The maximum atomic E-state index is 11.2. The van der Waals surface area contributed by atoms with Crippen LogP contribution in [0.2, 0.25) is 0 Å². The molecule has 0 fully saturated rings. The summed E-state index contributed by atoms with van der Waals surface area (Å²) in [4.78, 5) is 17.6. The van der Waals surface area contributed by atoms with Gasteiger partial charge >= 0.3 is 0 Å². The van der Waals surface area contributed by atoms with Crippen LogP contribution in [0.25, 0.3) is 10.9 Å². The summed E-state index contributed by atoms with van der Waals surface area (Å²) in [7, 11) is 1.85. The number of pyridine rings is 1.